The van der Waals surface area contributed by atoms with Crippen LogP contribution in [0.15, 0.2) is 36.5 Å². The minimum atomic E-state index is -4.38. The molecule has 2 unspecified atom stereocenters. The number of nitrogens with two attached hydrogens (primary N) is 1. The first-order valence-electron chi connectivity index (χ1n) is 34.0. The predicted octanol–water partition coefficient (Wildman–Crippen LogP) is 21.9. The minimum Gasteiger partial charge on any atom is -0.462 e. The zero-order valence-electron chi connectivity index (χ0n) is 51.7. The van der Waals surface area contributed by atoms with E-state index in [4.69, 9.17) is 24.3 Å². The maximum Gasteiger partial charge on any atom is 0.472 e. The normalized spacial score (nSPS) is 13.1. The molecule has 0 aliphatic heterocycles. The molecule has 9 nitrogen and oxygen atoms in total. The topological polar surface area (TPSA) is 134 Å². The number of carbonyl (C=O) groups is 2. The van der Waals surface area contributed by atoms with Crippen LogP contribution in [0.3, 0.4) is 0 Å². The lowest BCUT2D eigenvalue weighted by Crippen LogP contribution is -2.29. The zero-order valence-corrected chi connectivity index (χ0v) is 52.6. The molecular formula is C68H130NO8P. The third kappa shape index (κ3) is 63.4. The number of esters is 2. The molecule has 460 valence electrons. The number of ether oxygens (including phenoxy) is 2. The fourth-order valence-electron chi connectivity index (χ4n) is 10.2. The second-order valence-electron chi connectivity index (χ2n) is 23.1. The molecule has 0 radical (unpaired) electrons. The molecule has 0 rings (SSSR count). The number of rotatable bonds is 65. The van der Waals surface area contributed by atoms with Crippen molar-refractivity contribution in [2.75, 3.05) is 26.4 Å². The second-order valence-corrected chi connectivity index (χ2v) is 24.5. The lowest BCUT2D eigenvalue weighted by molar-refractivity contribution is -0.161. The van der Waals surface area contributed by atoms with Crippen LogP contribution in [0.5, 0.6) is 0 Å². The molecule has 0 bridgehead atoms. The summed E-state index contributed by atoms with van der Waals surface area (Å²) in [6.45, 7) is 3.80. The molecule has 2 atom stereocenters. The number of hydrogen-bond acceptors (Lipinski definition) is 8. The molecule has 0 fully saturated rings. The van der Waals surface area contributed by atoms with Crippen molar-refractivity contribution < 1.29 is 37.6 Å². The molecule has 0 aromatic heterocycles. The van der Waals surface area contributed by atoms with E-state index in [0.29, 0.717) is 6.42 Å². The van der Waals surface area contributed by atoms with Gasteiger partial charge in [0.05, 0.1) is 13.2 Å². The van der Waals surface area contributed by atoms with E-state index in [-0.39, 0.29) is 38.6 Å². The van der Waals surface area contributed by atoms with Crippen LogP contribution in [0.4, 0.5) is 0 Å². The van der Waals surface area contributed by atoms with Crippen molar-refractivity contribution in [2.45, 2.75) is 360 Å². The van der Waals surface area contributed by atoms with Crippen molar-refractivity contribution in [3.05, 3.63) is 36.5 Å². The third-order valence-corrected chi connectivity index (χ3v) is 16.3. The lowest BCUT2D eigenvalue weighted by atomic mass is 10.0. The highest BCUT2D eigenvalue weighted by Gasteiger charge is 2.26. The van der Waals surface area contributed by atoms with Crippen LogP contribution in [-0.4, -0.2) is 49.3 Å². The molecule has 3 N–H and O–H groups in total. The summed E-state index contributed by atoms with van der Waals surface area (Å²) in [4.78, 5) is 35.3. The summed E-state index contributed by atoms with van der Waals surface area (Å²) in [5.74, 6) is -0.805. The highest BCUT2D eigenvalue weighted by atomic mass is 31.2. The summed E-state index contributed by atoms with van der Waals surface area (Å²) < 4.78 is 33.1. The van der Waals surface area contributed by atoms with Crippen LogP contribution in [0.25, 0.3) is 0 Å². The molecule has 78 heavy (non-hydrogen) atoms. The summed E-state index contributed by atoms with van der Waals surface area (Å²) >= 11 is 0. The molecule has 10 heteroatoms. The zero-order chi connectivity index (χ0) is 56.6. The van der Waals surface area contributed by atoms with E-state index in [2.05, 4.69) is 50.3 Å². The number of carbonyl (C=O) groups excluding carboxylic acids is 2. The fourth-order valence-corrected chi connectivity index (χ4v) is 11.0. The number of phosphoric acid groups is 1. The average molecular weight is 1120 g/mol. The Morgan fingerprint density at radius 2 is 0.667 bits per heavy atom. The van der Waals surface area contributed by atoms with Crippen LogP contribution >= 0.6 is 7.82 Å². The van der Waals surface area contributed by atoms with Crippen molar-refractivity contribution in [2.24, 2.45) is 5.73 Å². The van der Waals surface area contributed by atoms with Crippen molar-refractivity contribution >= 4 is 19.8 Å². The largest absolute Gasteiger partial charge is 0.472 e. The van der Waals surface area contributed by atoms with Gasteiger partial charge in [0.25, 0.3) is 0 Å². The van der Waals surface area contributed by atoms with Gasteiger partial charge in [0.15, 0.2) is 6.10 Å². The molecule has 0 aromatic carbocycles. The maximum absolute atomic E-state index is 12.7. The van der Waals surface area contributed by atoms with Gasteiger partial charge < -0.3 is 20.1 Å². The lowest BCUT2D eigenvalue weighted by Gasteiger charge is -2.19. The Hall–Kier alpha value is -1.77. The quantitative estimate of drug-likeness (QED) is 0.0264. The molecule has 0 aliphatic rings. The first-order valence-corrected chi connectivity index (χ1v) is 35.5. The Morgan fingerprint density at radius 3 is 0.987 bits per heavy atom. The summed E-state index contributed by atoms with van der Waals surface area (Å²) in [7, 11) is -4.38. The minimum absolute atomic E-state index is 0.0568. The number of phosphoric ester groups is 1. The van der Waals surface area contributed by atoms with Gasteiger partial charge in [-0.25, -0.2) is 4.57 Å². The van der Waals surface area contributed by atoms with E-state index in [0.717, 1.165) is 44.9 Å². The van der Waals surface area contributed by atoms with Gasteiger partial charge in [-0.3, -0.25) is 18.6 Å². The highest BCUT2D eigenvalue weighted by molar-refractivity contribution is 7.47. The van der Waals surface area contributed by atoms with Gasteiger partial charge in [-0.2, -0.15) is 0 Å². The first-order chi connectivity index (χ1) is 38.3. The first kappa shape index (κ1) is 76.2. The molecular weight excluding hydrogens is 990 g/mol. The van der Waals surface area contributed by atoms with Crippen LogP contribution in [0.1, 0.15) is 354 Å². The average Bonchev–Trinajstić information content (AvgIpc) is 3.43. The Bertz CT molecular complexity index is 1370. The summed E-state index contributed by atoms with van der Waals surface area (Å²) in [5, 5.41) is 0. The number of allylic oxidation sites excluding steroid dienone is 6. The van der Waals surface area contributed by atoms with E-state index in [1.54, 1.807) is 0 Å². The second kappa shape index (κ2) is 64.4. The Balaban J connectivity index is 3.76. The van der Waals surface area contributed by atoms with Crippen molar-refractivity contribution in [1.29, 1.82) is 0 Å². The van der Waals surface area contributed by atoms with E-state index < -0.39 is 26.5 Å². The number of hydrogen-bond donors (Lipinski definition) is 2. The monoisotopic (exact) mass is 1120 g/mol. The van der Waals surface area contributed by atoms with E-state index >= 15 is 0 Å². The summed E-state index contributed by atoms with van der Waals surface area (Å²) in [6, 6.07) is 0. The smallest absolute Gasteiger partial charge is 0.462 e. The summed E-state index contributed by atoms with van der Waals surface area (Å²) in [6.07, 6.45) is 79.6. The summed E-state index contributed by atoms with van der Waals surface area (Å²) in [5.41, 5.74) is 5.39. The van der Waals surface area contributed by atoms with E-state index in [1.165, 1.54) is 276 Å². The van der Waals surface area contributed by atoms with Gasteiger partial charge in [0.1, 0.15) is 6.61 Å². The molecule has 0 aromatic rings. The molecule has 0 heterocycles. The van der Waals surface area contributed by atoms with Gasteiger partial charge in [-0.1, -0.05) is 326 Å². The maximum atomic E-state index is 12.7. The third-order valence-electron chi connectivity index (χ3n) is 15.3. The Morgan fingerprint density at radius 1 is 0.385 bits per heavy atom. The van der Waals surface area contributed by atoms with Crippen LogP contribution in [-0.2, 0) is 32.7 Å². The standard InChI is InChI=1S/C68H130NO8P/c1-3-5-7-9-11-13-15-17-19-21-23-24-25-26-27-28-29-30-31-32-33-34-35-36-37-38-39-40-41-42-43-45-47-49-51-53-55-57-59-61-68(71)77-66(65-76-78(72,73)75-63-62-69)64-74-67(70)60-58-56-54-52-50-48-46-44-22-20-18-16-14-12-10-8-6-4-2/h15,17,21,23,25-26,66H,3-14,16,18-20,22,24,27-65,69H2,1-2H3,(H,72,73)/b17-15-,23-21-,26-25-. The van der Waals surface area contributed by atoms with Crippen molar-refractivity contribution in [1.82, 2.24) is 0 Å². The van der Waals surface area contributed by atoms with Gasteiger partial charge in [0.2, 0.25) is 0 Å². The van der Waals surface area contributed by atoms with Crippen molar-refractivity contribution in [3.8, 4) is 0 Å². The van der Waals surface area contributed by atoms with Gasteiger partial charge in [-0.15, -0.1) is 0 Å². The Labute approximate surface area is 484 Å². The molecule has 0 spiro atoms. The molecule has 0 amide bonds. The predicted molar refractivity (Wildman–Crippen MR) is 335 cm³/mol. The van der Waals surface area contributed by atoms with Crippen LogP contribution in [0, 0.1) is 0 Å². The van der Waals surface area contributed by atoms with Gasteiger partial charge in [0, 0.05) is 19.4 Å². The van der Waals surface area contributed by atoms with Gasteiger partial charge >= 0.3 is 19.8 Å². The van der Waals surface area contributed by atoms with Crippen LogP contribution < -0.4 is 5.73 Å². The van der Waals surface area contributed by atoms with Gasteiger partial charge in [-0.05, 0) is 51.4 Å². The number of unbranched alkanes of at least 4 members (excludes halogenated alkanes) is 46. The van der Waals surface area contributed by atoms with E-state index in [1.807, 2.05) is 0 Å². The van der Waals surface area contributed by atoms with Crippen LogP contribution in [0.2, 0.25) is 0 Å². The molecule has 0 saturated carbocycles. The molecule has 0 saturated heterocycles. The SMILES string of the molecule is CCCCCCC/C=C\C/C=C\C/C=C\CCCCCCCCCCCCCCCCCCCCCCCCCCC(=O)OC(COC(=O)CCCCCCCCCCCCCCCCCCCC)COP(=O)(O)OCCN. The van der Waals surface area contributed by atoms with Crippen molar-refractivity contribution in [3.63, 3.8) is 0 Å². The Kier molecular flexibility index (Phi) is 62.9. The highest BCUT2D eigenvalue weighted by Crippen LogP contribution is 2.43. The fraction of sp³-hybridized carbons (Fsp3) is 0.882. The molecule has 0 aliphatic carbocycles. The van der Waals surface area contributed by atoms with E-state index in [9.17, 15) is 19.0 Å².